The first-order valence-corrected chi connectivity index (χ1v) is 7.52. The van der Waals surface area contributed by atoms with Gasteiger partial charge in [0.15, 0.2) is 0 Å². The molecule has 2 rings (SSSR count). The highest BCUT2D eigenvalue weighted by Crippen LogP contribution is 2.11. The highest BCUT2D eigenvalue weighted by molar-refractivity contribution is 7.20. The number of nitrogens with zero attached hydrogens (tertiary/aromatic N) is 1. The molecule has 0 aliphatic carbocycles. The zero-order chi connectivity index (χ0) is 14.0. The van der Waals surface area contributed by atoms with Crippen LogP contribution in [0.4, 0.5) is 0 Å². The van der Waals surface area contributed by atoms with Gasteiger partial charge in [-0.3, -0.25) is 4.57 Å². The van der Waals surface area contributed by atoms with Crippen molar-refractivity contribution in [1.82, 2.24) is 9.99 Å². The first-order chi connectivity index (χ1) is 9.88. The lowest BCUT2D eigenvalue weighted by Gasteiger charge is -2.14. The van der Waals surface area contributed by atoms with Crippen LogP contribution in [0.15, 0.2) is 60.7 Å². The summed E-state index contributed by atoms with van der Waals surface area (Å²) in [6, 6.07) is 20.4. The third-order valence-corrected chi connectivity index (χ3v) is 3.61. The van der Waals surface area contributed by atoms with Crippen LogP contribution in [-0.4, -0.2) is 17.8 Å². The van der Waals surface area contributed by atoms with E-state index in [1.165, 1.54) is 11.1 Å². The molecule has 0 spiro atoms. The molecule has 0 atom stereocenters. The highest BCUT2D eigenvalue weighted by atomic mass is 31.1. The first-order valence-electron chi connectivity index (χ1n) is 6.75. The van der Waals surface area contributed by atoms with E-state index in [0.29, 0.717) is 6.54 Å². The summed E-state index contributed by atoms with van der Waals surface area (Å²) < 4.78 is 13.1. The fourth-order valence-electron chi connectivity index (χ4n) is 1.98. The number of rotatable bonds is 8. The molecule has 2 aromatic rings. The molecule has 0 aliphatic rings. The van der Waals surface area contributed by atoms with Crippen molar-refractivity contribution in [1.29, 1.82) is 0 Å². The monoisotopic (exact) mass is 286 g/mol. The van der Waals surface area contributed by atoms with Crippen molar-refractivity contribution in [2.75, 3.05) is 13.1 Å². The number of hydrogen-bond acceptors (Lipinski definition) is 2. The third kappa shape index (κ3) is 5.22. The smallest absolute Gasteiger partial charge is 0.249 e. The lowest BCUT2D eigenvalue weighted by molar-refractivity contribution is 0.422. The molecule has 2 aromatic carbocycles. The molecule has 0 bridgehead atoms. The highest BCUT2D eigenvalue weighted by Gasteiger charge is 2.04. The van der Waals surface area contributed by atoms with E-state index in [9.17, 15) is 4.57 Å². The summed E-state index contributed by atoms with van der Waals surface area (Å²) in [6.07, 6.45) is 0. The van der Waals surface area contributed by atoms with Crippen LogP contribution in [0.25, 0.3) is 0 Å². The quantitative estimate of drug-likeness (QED) is 0.595. The zero-order valence-corrected chi connectivity index (χ0v) is 12.3. The predicted octanol–water partition coefficient (Wildman–Crippen LogP) is 3.49. The van der Waals surface area contributed by atoms with Crippen molar-refractivity contribution in [3.63, 3.8) is 0 Å². The van der Waals surface area contributed by atoms with Crippen molar-refractivity contribution >= 4 is 8.61 Å². The largest absolute Gasteiger partial charge is 0.311 e. The van der Waals surface area contributed by atoms with Crippen LogP contribution < -0.4 is 5.32 Å². The van der Waals surface area contributed by atoms with Crippen LogP contribution in [0.1, 0.15) is 11.1 Å². The summed E-state index contributed by atoms with van der Waals surface area (Å²) >= 11 is 0. The summed E-state index contributed by atoms with van der Waals surface area (Å²) in [5.74, 6) is 0. The van der Waals surface area contributed by atoms with Gasteiger partial charge in [-0.2, -0.15) is 0 Å². The summed E-state index contributed by atoms with van der Waals surface area (Å²) in [6.45, 7) is 3.12. The molecular weight excluding hydrogens is 267 g/mol. The zero-order valence-electron chi connectivity index (χ0n) is 11.4. The number of benzene rings is 2. The van der Waals surface area contributed by atoms with Crippen LogP contribution in [0, 0.1) is 0 Å². The molecule has 0 radical (unpaired) electrons. The Hall–Kier alpha value is -1.54. The summed E-state index contributed by atoms with van der Waals surface area (Å²) in [7, 11) is 0.0749. The van der Waals surface area contributed by atoms with Crippen LogP contribution in [0.3, 0.4) is 0 Å². The van der Waals surface area contributed by atoms with Gasteiger partial charge < -0.3 is 5.32 Å². The molecule has 0 heterocycles. The maximum atomic E-state index is 11.2. The van der Waals surface area contributed by atoms with Gasteiger partial charge in [-0.1, -0.05) is 60.7 Å². The average molecular weight is 286 g/mol. The van der Waals surface area contributed by atoms with E-state index in [-0.39, 0.29) is 8.61 Å². The molecule has 0 saturated heterocycles. The van der Waals surface area contributed by atoms with Crippen LogP contribution in [0.2, 0.25) is 0 Å². The van der Waals surface area contributed by atoms with E-state index in [4.69, 9.17) is 0 Å². The van der Waals surface area contributed by atoms with Gasteiger partial charge in [-0.15, -0.1) is 0 Å². The second-order valence-electron chi connectivity index (χ2n) is 4.62. The van der Waals surface area contributed by atoms with Crippen LogP contribution in [-0.2, 0) is 17.7 Å². The Morgan fingerprint density at radius 1 is 0.900 bits per heavy atom. The maximum Gasteiger partial charge on any atom is 0.249 e. The fraction of sp³-hybridized carbons (Fsp3) is 0.250. The van der Waals surface area contributed by atoms with Crippen LogP contribution >= 0.6 is 8.61 Å². The molecule has 104 valence electrons. The van der Waals surface area contributed by atoms with Gasteiger partial charge in [0, 0.05) is 26.2 Å². The Balaban J connectivity index is 1.70. The van der Waals surface area contributed by atoms with Gasteiger partial charge in [-0.25, -0.2) is 4.67 Å². The fourth-order valence-corrected chi connectivity index (χ4v) is 2.38. The molecule has 3 nitrogen and oxygen atoms in total. The standard InChI is InChI=1S/C16H19N2OP/c19-20-18(14-16-9-5-2-6-10-16)12-11-17-13-15-7-3-1-4-8-15/h1-10,17H,11-14H2. The summed E-state index contributed by atoms with van der Waals surface area (Å²) in [4.78, 5) is 0. The van der Waals surface area contributed by atoms with Crippen molar-refractivity contribution in [2.45, 2.75) is 13.1 Å². The molecule has 0 fully saturated rings. The molecule has 20 heavy (non-hydrogen) atoms. The van der Waals surface area contributed by atoms with E-state index >= 15 is 0 Å². The van der Waals surface area contributed by atoms with Crippen molar-refractivity contribution in [3.05, 3.63) is 71.8 Å². The van der Waals surface area contributed by atoms with E-state index in [1.807, 2.05) is 41.1 Å². The Labute approximate surface area is 121 Å². The van der Waals surface area contributed by atoms with Gasteiger partial charge in [0.25, 0.3) is 0 Å². The molecule has 1 N–H and O–H groups in total. The summed E-state index contributed by atoms with van der Waals surface area (Å²) in [5.41, 5.74) is 2.45. The van der Waals surface area contributed by atoms with Crippen molar-refractivity contribution < 1.29 is 4.57 Å². The van der Waals surface area contributed by atoms with E-state index in [2.05, 4.69) is 29.6 Å². The molecule has 0 aromatic heterocycles. The molecule has 0 amide bonds. The number of nitrogens with one attached hydrogen (secondary N) is 1. The van der Waals surface area contributed by atoms with E-state index in [0.717, 1.165) is 19.6 Å². The van der Waals surface area contributed by atoms with Gasteiger partial charge in [0.1, 0.15) is 0 Å². The minimum absolute atomic E-state index is 0.0749. The Bertz CT molecular complexity index is 504. The Morgan fingerprint density at radius 2 is 1.50 bits per heavy atom. The third-order valence-electron chi connectivity index (χ3n) is 3.04. The maximum absolute atomic E-state index is 11.2. The molecule has 4 heteroatoms. The van der Waals surface area contributed by atoms with Gasteiger partial charge >= 0.3 is 0 Å². The van der Waals surface area contributed by atoms with Gasteiger partial charge in [-0.05, 0) is 11.1 Å². The molecular formula is C16H19N2OP. The normalized spacial score (nSPS) is 11.1. The first kappa shape index (κ1) is 14.9. The Kier molecular flexibility index (Phi) is 6.39. The lowest BCUT2D eigenvalue weighted by atomic mass is 10.2. The Morgan fingerprint density at radius 3 is 2.10 bits per heavy atom. The van der Waals surface area contributed by atoms with Gasteiger partial charge in [0.05, 0.1) is 0 Å². The minimum atomic E-state index is 0.0749. The van der Waals surface area contributed by atoms with Crippen molar-refractivity contribution in [3.8, 4) is 0 Å². The molecule has 0 unspecified atom stereocenters. The second-order valence-corrected chi connectivity index (χ2v) is 5.35. The van der Waals surface area contributed by atoms with E-state index < -0.39 is 0 Å². The van der Waals surface area contributed by atoms with E-state index in [1.54, 1.807) is 0 Å². The second kappa shape index (κ2) is 8.60. The SMILES string of the molecule is O=PN(CCNCc1ccccc1)Cc1ccccc1. The predicted molar refractivity (Wildman–Crippen MR) is 82.6 cm³/mol. The molecule has 0 aliphatic heterocycles. The van der Waals surface area contributed by atoms with Crippen molar-refractivity contribution in [2.24, 2.45) is 0 Å². The summed E-state index contributed by atoms with van der Waals surface area (Å²) in [5, 5.41) is 3.37. The number of hydrogen-bond donors (Lipinski definition) is 1. The van der Waals surface area contributed by atoms with Crippen LogP contribution in [0.5, 0.6) is 0 Å². The molecule has 0 saturated carbocycles. The topological polar surface area (TPSA) is 32.3 Å². The lowest BCUT2D eigenvalue weighted by Crippen LogP contribution is -2.25. The van der Waals surface area contributed by atoms with Gasteiger partial charge in [0.2, 0.25) is 8.61 Å². The average Bonchev–Trinajstić information content (AvgIpc) is 2.52. The minimum Gasteiger partial charge on any atom is -0.311 e.